The lowest BCUT2D eigenvalue weighted by Crippen LogP contribution is -2.07. The first-order valence-corrected chi connectivity index (χ1v) is 5.77. The Morgan fingerprint density at radius 3 is 2.42 bits per heavy atom. The van der Waals surface area contributed by atoms with E-state index in [1.165, 1.54) is 0 Å². The zero-order chi connectivity index (χ0) is 13.9. The largest absolute Gasteiger partial charge is 0.416 e. The van der Waals surface area contributed by atoms with Gasteiger partial charge in [0.15, 0.2) is 0 Å². The number of hydrogen-bond donors (Lipinski definition) is 1. The molecule has 0 aliphatic heterocycles. The first-order valence-electron chi connectivity index (χ1n) is 5.77. The molecule has 0 saturated carbocycles. The molecule has 0 bridgehead atoms. The number of benzene rings is 1. The van der Waals surface area contributed by atoms with Gasteiger partial charge in [-0.15, -0.1) is 0 Å². The molecule has 0 fully saturated rings. The van der Waals surface area contributed by atoms with Gasteiger partial charge in [-0.1, -0.05) is 0 Å². The average Bonchev–Trinajstić information content (AvgIpc) is 2.36. The first-order chi connectivity index (χ1) is 8.95. The number of nitrogens with one attached hydrogen (secondary N) is 1. The van der Waals surface area contributed by atoms with Crippen molar-refractivity contribution in [3.63, 3.8) is 0 Å². The van der Waals surface area contributed by atoms with Gasteiger partial charge in [0.1, 0.15) is 0 Å². The molecule has 19 heavy (non-hydrogen) atoms. The number of aromatic nitrogens is 1. The Hall–Kier alpha value is -2.04. The van der Waals surface area contributed by atoms with Crippen molar-refractivity contribution in [1.29, 1.82) is 0 Å². The fraction of sp³-hybridized carbons (Fsp3) is 0.214. The molecule has 0 unspecified atom stereocenters. The van der Waals surface area contributed by atoms with Crippen LogP contribution in [0, 0.1) is 6.92 Å². The summed E-state index contributed by atoms with van der Waals surface area (Å²) in [6, 6.07) is 7.57. The Balaban J connectivity index is 2.15. The maximum atomic E-state index is 12.7. The van der Waals surface area contributed by atoms with Crippen LogP contribution in [0.1, 0.15) is 16.7 Å². The summed E-state index contributed by atoms with van der Waals surface area (Å²) in [6.45, 7) is 2.11. The minimum atomic E-state index is -4.32. The molecule has 0 aliphatic carbocycles. The number of pyridine rings is 1. The van der Waals surface area contributed by atoms with Crippen LogP contribution < -0.4 is 5.32 Å². The predicted molar refractivity (Wildman–Crippen MR) is 67.7 cm³/mol. The molecule has 0 amide bonds. The molecule has 100 valence electrons. The molecule has 1 heterocycles. The number of hydrogen-bond acceptors (Lipinski definition) is 2. The quantitative estimate of drug-likeness (QED) is 0.907. The third kappa shape index (κ3) is 3.71. The van der Waals surface area contributed by atoms with Gasteiger partial charge in [0, 0.05) is 24.6 Å². The average molecular weight is 266 g/mol. The molecule has 0 radical (unpaired) electrons. The third-order valence-corrected chi connectivity index (χ3v) is 2.65. The molecule has 0 atom stereocenters. The zero-order valence-electron chi connectivity index (χ0n) is 10.3. The predicted octanol–water partition coefficient (Wildman–Crippen LogP) is 4.02. The van der Waals surface area contributed by atoms with Crippen molar-refractivity contribution in [3.05, 3.63) is 59.4 Å². The first kappa shape index (κ1) is 13.4. The normalized spacial score (nSPS) is 11.4. The Morgan fingerprint density at radius 2 is 1.79 bits per heavy atom. The SMILES string of the molecule is Cc1cc(NCc2ccncc2)cc(C(F)(F)F)c1. The molecule has 2 nitrogen and oxygen atoms in total. The maximum absolute atomic E-state index is 12.7. The van der Waals surface area contributed by atoms with E-state index in [0.29, 0.717) is 17.8 Å². The van der Waals surface area contributed by atoms with Crippen molar-refractivity contribution in [3.8, 4) is 0 Å². The molecule has 1 N–H and O–H groups in total. The van der Waals surface area contributed by atoms with Crippen LogP contribution in [0.2, 0.25) is 0 Å². The minimum Gasteiger partial charge on any atom is -0.381 e. The number of anilines is 1. The number of nitrogens with zero attached hydrogens (tertiary/aromatic N) is 1. The van der Waals surface area contributed by atoms with Crippen molar-refractivity contribution < 1.29 is 13.2 Å². The van der Waals surface area contributed by atoms with Gasteiger partial charge in [-0.3, -0.25) is 4.98 Å². The zero-order valence-corrected chi connectivity index (χ0v) is 10.3. The lowest BCUT2D eigenvalue weighted by Gasteiger charge is -2.12. The number of aryl methyl sites for hydroxylation is 1. The highest BCUT2D eigenvalue weighted by Gasteiger charge is 2.30. The third-order valence-electron chi connectivity index (χ3n) is 2.65. The van der Waals surface area contributed by atoms with Gasteiger partial charge in [-0.05, 0) is 48.4 Å². The minimum absolute atomic E-state index is 0.462. The summed E-state index contributed by atoms with van der Waals surface area (Å²) in [7, 11) is 0. The summed E-state index contributed by atoms with van der Waals surface area (Å²) in [5.41, 5.74) is 1.37. The summed E-state index contributed by atoms with van der Waals surface area (Å²) in [4.78, 5) is 3.88. The fourth-order valence-electron chi connectivity index (χ4n) is 1.75. The Morgan fingerprint density at radius 1 is 1.11 bits per heavy atom. The van der Waals surface area contributed by atoms with Gasteiger partial charge >= 0.3 is 6.18 Å². The second kappa shape index (κ2) is 5.30. The van der Waals surface area contributed by atoms with E-state index in [4.69, 9.17) is 0 Å². The Kier molecular flexibility index (Phi) is 3.74. The molecule has 0 saturated heterocycles. The highest BCUT2D eigenvalue weighted by atomic mass is 19.4. The Labute approximate surface area is 109 Å². The van der Waals surface area contributed by atoms with E-state index in [9.17, 15) is 13.2 Å². The van der Waals surface area contributed by atoms with E-state index >= 15 is 0 Å². The van der Waals surface area contributed by atoms with Crippen molar-refractivity contribution in [2.45, 2.75) is 19.6 Å². The molecule has 0 aliphatic rings. The second-order valence-corrected chi connectivity index (χ2v) is 4.29. The Bertz CT molecular complexity index is 550. The number of rotatable bonds is 3. The van der Waals surface area contributed by atoms with E-state index in [0.717, 1.165) is 17.7 Å². The van der Waals surface area contributed by atoms with E-state index < -0.39 is 11.7 Å². The molecular weight excluding hydrogens is 253 g/mol. The molecule has 0 spiro atoms. The summed E-state index contributed by atoms with van der Waals surface area (Å²) in [6.07, 6.45) is -1.03. The van der Waals surface area contributed by atoms with Gasteiger partial charge in [0.05, 0.1) is 5.56 Å². The molecule has 2 rings (SSSR count). The van der Waals surface area contributed by atoms with Gasteiger partial charge in [-0.25, -0.2) is 0 Å². The highest BCUT2D eigenvalue weighted by molar-refractivity contribution is 5.49. The van der Waals surface area contributed by atoms with Crippen LogP contribution in [0.5, 0.6) is 0 Å². The smallest absolute Gasteiger partial charge is 0.381 e. The van der Waals surface area contributed by atoms with Crippen molar-refractivity contribution >= 4 is 5.69 Å². The van der Waals surface area contributed by atoms with E-state index in [2.05, 4.69) is 10.3 Å². The van der Waals surface area contributed by atoms with Crippen LogP contribution in [-0.4, -0.2) is 4.98 Å². The molecular formula is C14H13F3N2. The number of halogens is 3. The molecule has 1 aromatic heterocycles. The van der Waals surface area contributed by atoms with E-state index in [-0.39, 0.29) is 0 Å². The van der Waals surface area contributed by atoms with Crippen LogP contribution in [0.4, 0.5) is 18.9 Å². The van der Waals surface area contributed by atoms with Crippen LogP contribution >= 0.6 is 0 Å². The lowest BCUT2D eigenvalue weighted by atomic mass is 10.1. The molecule has 2 aromatic rings. The van der Waals surface area contributed by atoms with E-state index in [1.807, 2.05) is 12.1 Å². The van der Waals surface area contributed by atoms with Gasteiger partial charge in [0.2, 0.25) is 0 Å². The monoisotopic (exact) mass is 266 g/mol. The summed E-state index contributed by atoms with van der Waals surface area (Å²) in [5.74, 6) is 0. The second-order valence-electron chi connectivity index (χ2n) is 4.29. The highest BCUT2D eigenvalue weighted by Crippen LogP contribution is 2.31. The van der Waals surface area contributed by atoms with Crippen molar-refractivity contribution in [2.75, 3.05) is 5.32 Å². The molecule has 1 aromatic carbocycles. The van der Waals surface area contributed by atoms with Gasteiger partial charge < -0.3 is 5.32 Å². The standard InChI is InChI=1S/C14H13F3N2/c1-10-6-12(14(15,16)17)8-13(7-10)19-9-11-2-4-18-5-3-11/h2-8,19H,9H2,1H3. The van der Waals surface area contributed by atoms with Crippen LogP contribution in [-0.2, 0) is 12.7 Å². The summed E-state index contributed by atoms with van der Waals surface area (Å²) in [5, 5.41) is 2.99. The van der Waals surface area contributed by atoms with Crippen LogP contribution in [0.3, 0.4) is 0 Å². The summed E-state index contributed by atoms with van der Waals surface area (Å²) >= 11 is 0. The maximum Gasteiger partial charge on any atom is 0.416 e. The van der Waals surface area contributed by atoms with Gasteiger partial charge in [0.25, 0.3) is 0 Å². The fourth-order valence-corrected chi connectivity index (χ4v) is 1.75. The lowest BCUT2D eigenvalue weighted by molar-refractivity contribution is -0.137. The van der Waals surface area contributed by atoms with Crippen LogP contribution in [0.15, 0.2) is 42.7 Å². The van der Waals surface area contributed by atoms with Gasteiger partial charge in [-0.2, -0.15) is 13.2 Å². The van der Waals surface area contributed by atoms with Crippen molar-refractivity contribution in [2.24, 2.45) is 0 Å². The number of alkyl halides is 3. The summed E-state index contributed by atoms with van der Waals surface area (Å²) < 4.78 is 38.0. The van der Waals surface area contributed by atoms with E-state index in [1.54, 1.807) is 25.4 Å². The topological polar surface area (TPSA) is 24.9 Å². The molecule has 5 heteroatoms. The van der Waals surface area contributed by atoms with Crippen LogP contribution in [0.25, 0.3) is 0 Å². The van der Waals surface area contributed by atoms with Crippen molar-refractivity contribution in [1.82, 2.24) is 4.98 Å².